The Balaban J connectivity index is 0.000000143. The van der Waals surface area contributed by atoms with Crippen molar-refractivity contribution in [3.8, 4) is 0 Å². The number of carbonyl (C=O) groups is 5. The summed E-state index contributed by atoms with van der Waals surface area (Å²) in [4.78, 5) is 56.6. The monoisotopic (exact) mass is 1240 g/mol. The van der Waals surface area contributed by atoms with Crippen LogP contribution in [0.1, 0.15) is 300 Å². The zero-order valence-electron chi connectivity index (χ0n) is 55.3. The fourth-order valence-corrected chi connectivity index (χ4v) is 20.9. The molecule has 0 spiro atoms. The maximum Gasteiger partial charge on any atom is 1.00 e. The molecule has 5 N–H and O–H groups in total. The quantitative estimate of drug-likeness (QED) is 0.157. The average Bonchev–Trinajstić information content (AvgIpc) is 1.81. The van der Waals surface area contributed by atoms with E-state index >= 15 is 0 Å². The van der Waals surface area contributed by atoms with Gasteiger partial charge in [0.2, 0.25) is 0 Å². The van der Waals surface area contributed by atoms with E-state index in [0.717, 1.165) is 189 Å². The normalized spacial score (nSPS) is 38.6. The fourth-order valence-electron chi connectivity index (χ4n) is 20.9. The molecule has 0 saturated heterocycles. The van der Waals surface area contributed by atoms with Crippen molar-refractivity contribution in [3.63, 3.8) is 0 Å². The molecule has 90 heavy (non-hydrogen) atoms. The number of hydrogen-bond acceptors (Lipinski definition) is 11. The predicted molar refractivity (Wildman–Crippen MR) is 358 cm³/mol. The Morgan fingerprint density at radius 3 is 1.51 bits per heavy atom. The molecule has 0 aromatic rings. The summed E-state index contributed by atoms with van der Waals surface area (Å²) in [6.07, 6.45) is 49.7. The van der Waals surface area contributed by atoms with Crippen LogP contribution in [0.15, 0.2) is 80.2 Å². The molecular formula is C79H119O11+. The third-order valence-corrected chi connectivity index (χ3v) is 26.3. The summed E-state index contributed by atoms with van der Waals surface area (Å²) in [5.41, 5.74) is 10.9. The first-order valence-corrected chi connectivity index (χ1v) is 35.8. The molecule has 500 valence electrons. The van der Waals surface area contributed by atoms with Crippen molar-refractivity contribution >= 4 is 28.9 Å². The summed E-state index contributed by atoms with van der Waals surface area (Å²) in [7, 11) is 1.78. The predicted octanol–water partition coefficient (Wildman–Crippen LogP) is 16.6. The van der Waals surface area contributed by atoms with Crippen LogP contribution in [0, 0.1) is 46.3 Å². The zero-order chi connectivity index (χ0) is 62.0. The van der Waals surface area contributed by atoms with Crippen LogP contribution in [-0.4, -0.2) is 90.6 Å². The van der Waals surface area contributed by atoms with E-state index in [1.807, 2.05) is 0 Å². The van der Waals surface area contributed by atoms with Gasteiger partial charge in [0.25, 0.3) is 0 Å². The van der Waals surface area contributed by atoms with Gasteiger partial charge in [-0.05, 0) is 306 Å². The van der Waals surface area contributed by atoms with Crippen LogP contribution in [-0.2, 0) is 28.7 Å². The van der Waals surface area contributed by atoms with Crippen LogP contribution < -0.4 is 0 Å². The Morgan fingerprint density at radius 1 is 0.422 bits per heavy atom. The first-order chi connectivity index (χ1) is 42.2. The molecule has 11 heteroatoms. The third-order valence-electron chi connectivity index (χ3n) is 26.3. The standard InChI is InChI=1S/C18H26O3.C18H26O2.C11H16O.2C10H14O2.C10H14O.2CH4/c1-17-8-7-15-13(14(17)4-5-16(17)20)3-2-11-10-12(19)6-9-18(11,15)21;1-18-9-8-14-13-5-3-12(19)10-11(13)2-4-15(14)16(18)6-7-17(18)20;1-12-11-7-6-9-4-2-3-5-10(9)8-11;2*11-9-4-6-10(12)5-2-1-3-8(10)7-9;11-10-6-5-8-3-1-2-4-9(8)7-10;;/h10,13-16,20-21H,2-9H2,1H3;14-17,20H,2-10H2,1H3;7H,2-6,8H2,1H3;2*7,12H,1-6H2;1-7H2;2*1H4/p+1/t13?,14?,15?,16-,17-,18+;14?,15?,16?,17-,18-;;2*10-;;;/m00.11.../s1. The largest absolute Gasteiger partial charge is 1.00 e. The first kappa shape index (κ1) is 70.4. The number of fused-ring (bicyclic) bond motifs is 11. The lowest BCUT2D eigenvalue weighted by Crippen LogP contribution is -2.55. The van der Waals surface area contributed by atoms with E-state index in [1.54, 1.807) is 47.6 Å². The van der Waals surface area contributed by atoms with Crippen molar-refractivity contribution in [2.75, 3.05) is 7.11 Å². The molecule has 0 bridgehead atoms. The molecule has 16 aliphatic rings. The minimum Gasteiger partial charge on any atom is -0.501 e. The number of aliphatic hydroxyl groups excluding tert-OH is 2. The molecule has 0 aromatic heterocycles. The molecule has 7 fully saturated rings. The second-order valence-electron chi connectivity index (χ2n) is 31.1. The molecule has 0 radical (unpaired) electrons. The van der Waals surface area contributed by atoms with Gasteiger partial charge in [-0.1, -0.05) is 62.1 Å². The SMILES string of the molecule is C.C.COC1=CCC2=C(CCCC2)C1.C[C@]12CCC3C(CCC4=CC(=O)CC[C@@]43O)C1CC[C@@H]2O.C[C@]12CCC3C4=C(CCC3C1CC[C@@H]2O)CC(=O)CC4.O=C1C=C2CCCC[C@@]2(O)CC1.O=C1C=C2CCCC[C@@]2(O)CC1.O=C1CCC2=C(CCCC2)C1.[H+]. The summed E-state index contributed by atoms with van der Waals surface area (Å²) < 4.78 is 5.27. The van der Waals surface area contributed by atoms with Crippen LogP contribution in [0.4, 0.5) is 0 Å². The lowest BCUT2D eigenvalue weighted by atomic mass is 9.50. The van der Waals surface area contributed by atoms with Crippen molar-refractivity contribution in [2.24, 2.45) is 46.3 Å². The smallest absolute Gasteiger partial charge is 0.501 e. The van der Waals surface area contributed by atoms with Gasteiger partial charge in [-0.2, -0.15) is 0 Å². The molecule has 16 aliphatic carbocycles. The molecular weight excluding hydrogens is 1120 g/mol. The van der Waals surface area contributed by atoms with Crippen molar-refractivity contribution in [2.45, 2.75) is 327 Å². The van der Waals surface area contributed by atoms with Crippen molar-refractivity contribution in [1.82, 2.24) is 0 Å². The van der Waals surface area contributed by atoms with Crippen LogP contribution in [0.25, 0.3) is 0 Å². The van der Waals surface area contributed by atoms with Gasteiger partial charge < -0.3 is 30.3 Å². The summed E-state index contributed by atoms with van der Waals surface area (Å²) >= 11 is 0. The van der Waals surface area contributed by atoms with E-state index in [-0.39, 0.29) is 56.7 Å². The molecule has 11 nitrogen and oxygen atoms in total. The molecule has 6 unspecified atom stereocenters. The van der Waals surface area contributed by atoms with Crippen molar-refractivity contribution < 1.29 is 55.7 Å². The number of carbonyl (C=O) groups excluding carboxylic acids is 5. The Kier molecular flexibility index (Phi) is 23.3. The van der Waals surface area contributed by atoms with Gasteiger partial charge >= 0.3 is 1.43 Å². The number of allylic oxidation sites excluding steroid dienone is 9. The van der Waals surface area contributed by atoms with E-state index in [0.29, 0.717) is 67.8 Å². The second-order valence-corrected chi connectivity index (χ2v) is 31.1. The number of ketones is 5. The number of aliphatic hydroxyl groups is 5. The molecule has 16 rings (SSSR count). The van der Waals surface area contributed by atoms with Gasteiger partial charge in [0.1, 0.15) is 11.6 Å². The van der Waals surface area contributed by atoms with Gasteiger partial charge in [-0.15, -0.1) is 0 Å². The molecule has 0 amide bonds. The highest BCUT2D eigenvalue weighted by atomic mass is 16.5. The Bertz CT molecular complexity index is 2850. The summed E-state index contributed by atoms with van der Waals surface area (Å²) in [6, 6.07) is 0. The molecule has 7 saturated carbocycles. The lowest BCUT2D eigenvalue weighted by Gasteiger charge is -2.56. The number of ether oxygens (including phenoxy) is 1. The minimum absolute atomic E-state index is 0. The van der Waals surface area contributed by atoms with Crippen molar-refractivity contribution in [1.29, 1.82) is 0 Å². The highest BCUT2D eigenvalue weighted by Crippen LogP contribution is 2.64. The summed E-state index contributed by atoms with van der Waals surface area (Å²) in [5, 5.41) is 52.2. The highest BCUT2D eigenvalue weighted by molar-refractivity contribution is 5.93. The van der Waals surface area contributed by atoms with Gasteiger partial charge in [0.15, 0.2) is 17.3 Å². The van der Waals surface area contributed by atoms with E-state index in [1.165, 1.54) is 94.0 Å². The van der Waals surface area contributed by atoms with Gasteiger partial charge in [-0.25, -0.2) is 0 Å². The first-order valence-electron chi connectivity index (χ1n) is 35.8. The number of rotatable bonds is 1. The Hall–Kier alpha value is -3.87. The van der Waals surface area contributed by atoms with E-state index in [4.69, 9.17) is 4.74 Å². The molecule has 0 aromatic carbocycles. The number of Topliss-reactive ketones (excluding diaryl/α,β-unsaturated/α-hetero) is 2. The topological polar surface area (TPSA) is 196 Å². The van der Waals surface area contributed by atoms with Crippen LogP contribution in [0.3, 0.4) is 0 Å². The molecule has 13 atom stereocenters. The number of methoxy groups -OCH3 is 1. The maximum absolute atomic E-state index is 11.7. The molecule has 0 heterocycles. The maximum atomic E-state index is 11.7. The van der Waals surface area contributed by atoms with Crippen LogP contribution >= 0.6 is 0 Å². The van der Waals surface area contributed by atoms with E-state index in [9.17, 15) is 49.5 Å². The summed E-state index contributed by atoms with van der Waals surface area (Å²) in [6.45, 7) is 4.59. The van der Waals surface area contributed by atoms with Gasteiger partial charge in [-0.3, -0.25) is 24.0 Å². The average molecular weight is 1240 g/mol. The highest BCUT2D eigenvalue weighted by Gasteiger charge is 2.60. The van der Waals surface area contributed by atoms with Crippen LogP contribution in [0.5, 0.6) is 0 Å². The third kappa shape index (κ3) is 15.0. The summed E-state index contributed by atoms with van der Waals surface area (Å²) in [5.74, 6) is 6.30. The lowest BCUT2D eigenvalue weighted by molar-refractivity contribution is -0.129. The Morgan fingerprint density at radius 2 is 0.911 bits per heavy atom. The van der Waals surface area contributed by atoms with Crippen LogP contribution in [0.2, 0.25) is 0 Å². The van der Waals surface area contributed by atoms with E-state index in [2.05, 4.69) is 19.9 Å². The Labute approximate surface area is 543 Å². The number of hydrogen-bond donors (Lipinski definition) is 5. The minimum atomic E-state index is -0.730. The van der Waals surface area contributed by atoms with Gasteiger partial charge in [0, 0.05) is 51.4 Å². The van der Waals surface area contributed by atoms with Crippen molar-refractivity contribution in [3.05, 3.63) is 80.2 Å². The van der Waals surface area contributed by atoms with E-state index < -0.39 is 16.8 Å². The van der Waals surface area contributed by atoms with Gasteiger partial charge in [0.05, 0.1) is 41.9 Å². The zero-order valence-corrected chi connectivity index (χ0v) is 54.3. The fraction of sp³-hybridized carbons (Fsp3) is 0.759. The molecule has 0 aliphatic heterocycles. The second kappa shape index (κ2) is 29.8.